The van der Waals surface area contributed by atoms with Gasteiger partial charge in [-0.05, 0) is 12.8 Å². The first-order valence-electron chi connectivity index (χ1n) is 4.37. The molecular weight excluding hydrogens is 202 g/mol. The van der Waals surface area contributed by atoms with Gasteiger partial charge in [-0.15, -0.1) is 11.3 Å². The van der Waals surface area contributed by atoms with Crippen molar-refractivity contribution in [3.63, 3.8) is 0 Å². The predicted molar refractivity (Wildman–Crippen MR) is 52.8 cm³/mol. The zero-order valence-electron chi connectivity index (χ0n) is 7.16. The van der Waals surface area contributed by atoms with Crippen LogP contribution in [0.1, 0.15) is 23.8 Å². The molecule has 1 fully saturated rings. The van der Waals surface area contributed by atoms with E-state index >= 15 is 0 Å². The summed E-state index contributed by atoms with van der Waals surface area (Å²) in [6, 6.07) is 0. The van der Waals surface area contributed by atoms with Gasteiger partial charge in [0.2, 0.25) is 0 Å². The molecule has 0 atom stereocenters. The molecule has 72 valence electrons. The second-order valence-electron chi connectivity index (χ2n) is 3.41. The predicted octanol–water partition coefficient (Wildman–Crippen LogP) is 0.550. The molecule has 5 nitrogen and oxygen atoms in total. The summed E-state index contributed by atoms with van der Waals surface area (Å²) >= 11 is 1.41. The van der Waals surface area contributed by atoms with Crippen LogP contribution in [-0.4, -0.2) is 15.0 Å². The van der Waals surface area contributed by atoms with Crippen molar-refractivity contribution in [2.75, 3.05) is 0 Å². The fourth-order valence-electron chi connectivity index (χ4n) is 1.38. The molecule has 0 radical (unpaired) electrons. The molecule has 0 aromatic carbocycles. The number of nitrogens with zero attached hydrogens (tertiary/aromatic N) is 1. The average molecular weight is 209 g/mol. The van der Waals surface area contributed by atoms with Crippen LogP contribution >= 0.6 is 11.3 Å². The molecular formula is C8H7N3O2S. The normalized spacial score (nSPS) is 16.3. The summed E-state index contributed by atoms with van der Waals surface area (Å²) < 4.78 is 0. The SMILES string of the molecule is O=c1[nH]c(=O)c2nc(C3CC3)sc2[nH]1. The maximum atomic E-state index is 11.3. The third kappa shape index (κ3) is 1.11. The number of rotatable bonds is 1. The van der Waals surface area contributed by atoms with Crippen molar-refractivity contribution < 1.29 is 0 Å². The van der Waals surface area contributed by atoms with Gasteiger partial charge < -0.3 is 0 Å². The zero-order valence-corrected chi connectivity index (χ0v) is 7.98. The van der Waals surface area contributed by atoms with Crippen LogP contribution in [-0.2, 0) is 0 Å². The lowest BCUT2D eigenvalue weighted by Gasteiger charge is -1.82. The van der Waals surface area contributed by atoms with Gasteiger partial charge in [-0.2, -0.15) is 0 Å². The van der Waals surface area contributed by atoms with Crippen LogP contribution in [0.3, 0.4) is 0 Å². The van der Waals surface area contributed by atoms with Crippen LogP contribution in [0.15, 0.2) is 9.59 Å². The van der Waals surface area contributed by atoms with Gasteiger partial charge in [-0.3, -0.25) is 14.8 Å². The van der Waals surface area contributed by atoms with Crippen LogP contribution in [0.5, 0.6) is 0 Å². The summed E-state index contributed by atoms with van der Waals surface area (Å²) in [6.07, 6.45) is 2.28. The van der Waals surface area contributed by atoms with E-state index in [9.17, 15) is 9.59 Å². The highest BCUT2D eigenvalue weighted by atomic mass is 32.1. The van der Waals surface area contributed by atoms with Crippen molar-refractivity contribution in [1.82, 2.24) is 15.0 Å². The zero-order chi connectivity index (χ0) is 9.71. The average Bonchev–Trinajstić information content (AvgIpc) is 2.87. The number of thiazole rings is 1. The lowest BCUT2D eigenvalue weighted by molar-refractivity contribution is 1.06. The third-order valence-corrected chi connectivity index (χ3v) is 3.37. The van der Waals surface area contributed by atoms with Crippen LogP contribution in [0.4, 0.5) is 0 Å². The minimum atomic E-state index is -0.464. The first-order chi connectivity index (χ1) is 6.74. The standard InChI is InChI=1S/C8H7N3O2S/c12-5-4-7(11-8(13)10-5)14-6(9-4)3-1-2-3/h3H,1-2H2,(H2,10,11,12,13). The molecule has 2 heterocycles. The quantitative estimate of drug-likeness (QED) is 0.719. The number of hydrogen-bond donors (Lipinski definition) is 2. The second kappa shape index (κ2) is 2.54. The molecule has 3 rings (SSSR count). The Morgan fingerprint density at radius 2 is 2.07 bits per heavy atom. The maximum absolute atomic E-state index is 11.3. The van der Waals surface area contributed by atoms with Gasteiger partial charge in [0.1, 0.15) is 4.83 Å². The van der Waals surface area contributed by atoms with Crippen molar-refractivity contribution in [2.45, 2.75) is 18.8 Å². The largest absolute Gasteiger partial charge is 0.326 e. The van der Waals surface area contributed by atoms with E-state index in [-0.39, 0.29) is 0 Å². The minimum Gasteiger partial charge on any atom is -0.297 e. The van der Waals surface area contributed by atoms with Gasteiger partial charge in [-0.25, -0.2) is 9.78 Å². The number of fused-ring (bicyclic) bond motifs is 1. The highest BCUT2D eigenvalue weighted by molar-refractivity contribution is 7.18. The monoisotopic (exact) mass is 209 g/mol. The van der Waals surface area contributed by atoms with E-state index in [2.05, 4.69) is 15.0 Å². The van der Waals surface area contributed by atoms with Crippen LogP contribution in [0.2, 0.25) is 0 Å². The molecule has 0 saturated heterocycles. The van der Waals surface area contributed by atoms with E-state index < -0.39 is 11.2 Å². The minimum absolute atomic E-state index is 0.358. The molecule has 1 aliphatic rings. The van der Waals surface area contributed by atoms with E-state index in [1.165, 1.54) is 11.3 Å². The molecule has 2 aromatic rings. The molecule has 6 heteroatoms. The smallest absolute Gasteiger partial charge is 0.297 e. The Morgan fingerprint density at radius 1 is 1.29 bits per heavy atom. The highest BCUT2D eigenvalue weighted by Crippen LogP contribution is 2.42. The number of H-pyrrole nitrogens is 2. The number of nitrogens with one attached hydrogen (secondary N) is 2. The molecule has 1 aliphatic carbocycles. The van der Waals surface area contributed by atoms with Crippen molar-refractivity contribution in [2.24, 2.45) is 0 Å². The Labute approximate surface area is 81.8 Å². The lowest BCUT2D eigenvalue weighted by Crippen LogP contribution is -2.21. The Kier molecular flexibility index (Phi) is 1.44. The molecule has 2 aromatic heterocycles. The summed E-state index contributed by atoms with van der Waals surface area (Å²) in [6.45, 7) is 0. The maximum Gasteiger partial charge on any atom is 0.326 e. The van der Waals surface area contributed by atoms with E-state index in [1.54, 1.807) is 0 Å². The van der Waals surface area contributed by atoms with Crippen LogP contribution in [0, 0.1) is 0 Å². The summed E-state index contributed by atoms with van der Waals surface area (Å²) in [5, 5.41) is 0.965. The van der Waals surface area contributed by atoms with Gasteiger partial charge in [0, 0.05) is 5.92 Å². The summed E-state index contributed by atoms with van der Waals surface area (Å²) in [5.41, 5.74) is -0.503. The van der Waals surface area contributed by atoms with Crippen molar-refractivity contribution >= 4 is 21.7 Å². The molecule has 14 heavy (non-hydrogen) atoms. The Bertz CT molecular complexity index is 605. The fraction of sp³-hybridized carbons (Fsp3) is 0.375. The molecule has 0 spiro atoms. The van der Waals surface area contributed by atoms with Gasteiger partial charge in [0.15, 0.2) is 5.52 Å². The number of hydrogen-bond acceptors (Lipinski definition) is 4. The molecule has 0 amide bonds. The highest BCUT2D eigenvalue weighted by Gasteiger charge is 2.27. The fourth-order valence-corrected chi connectivity index (χ4v) is 2.50. The summed E-state index contributed by atoms with van der Waals surface area (Å²) in [7, 11) is 0. The first-order valence-corrected chi connectivity index (χ1v) is 5.19. The Hall–Kier alpha value is -1.43. The van der Waals surface area contributed by atoms with Gasteiger partial charge in [-0.1, -0.05) is 0 Å². The second-order valence-corrected chi connectivity index (χ2v) is 4.44. The topological polar surface area (TPSA) is 78.6 Å². The van der Waals surface area contributed by atoms with E-state index in [1.807, 2.05) is 0 Å². The van der Waals surface area contributed by atoms with Gasteiger partial charge >= 0.3 is 5.69 Å². The van der Waals surface area contributed by atoms with E-state index in [0.717, 1.165) is 17.8 Å². The number of aromatic nitrogens is 3. The van der Waals surface area contributed by atoms with Gasteiger partial charge in [0.05, 0.1) is 5.01 Å². The van der Waals surface area contributed by atoms with Crippen molar-refractivity contribution in [3.05, 3.63) is 25.8 Å². The van der Waals surface area contributed by atoms with Crippen molar-refractivity contribution in [3.8, 4) is 0 Å². The number of aromatic amines is 2. The Balaban J connectivity index is 2.36. The lowest BCUT2D eigenvalue weighted by atomic mass is 10.4. The van der Waals surface area contributed by atoms with Crippen LogP contribution in [0.25, 0.3) is 10.3 Å². The van der Waals surface area contributed by atoms with Gasteiger partial charge in [0.25, 0.3) is 5.56 Å². The molecule has 0 bridgehead atoms. The molecule has 2 N–H and O–H groups in total. The molecule has 0 unspecified atom stereocenters. The summed E-state index contributed by atoms with van der Waals surface area (Å²) in [4.78, 5) is 31.8. The molecule has 0 aliphatic heterocycles. The van der Waals surface area contributed by atoms with Crippen molar-refractivity contribution in [1.29, 1.82) is 0 Å². The third-order valence-electron chi connectivity index (χ3n) is 2.24. The first kappa shape index (κ1) is 7.93. The molecule has 1 saturated carbocycles. The Morgan fingerprint density at radius 3 is 2.79 bits per heavy atom. The van der Waals surface area contributed by atoms with Crippen LogP contribution < -0.4 is 11.2 Å². The van der Waals surface area contributed by atoms with E-state index in [0.29, 0.717) is 16.3 Å². The summed E-state index contributed by atoms with van der Waals surface area (Å²) in [5.74, 6) is 0.510. The van der Waals surface area contributed by atoms with E-state index in [4.69, 9.17) is 0 Å².